The number of carbonyl (C=O) groups is 1. The molecule has 3 N–H and O–H groups in total. The number of aromatic nitrogens is 2. The molecular formula is C29H30N2O8. The van der Waals surface area contributed by atoms with E-state index in [9.17, 15) is 29.7 Å². The Hall–Kier alpha value is -4.73. The minimum Gasteiger partial charge on any atom is -0.507 e. The van der Waals surface area contributed by atoms with E-state index in [1.807, 2.05) is 0 Å². The number of esters is 1. The van der Waals surface area contributed by atoms with Gasteiger partial charge < -0.3 is 33.9 Å². The van der Waals surface area contributed by atoms with Crippen molar-refractivity contribution in [3.8, 4) is 23.0 Å². The summed E-state index contributed by atoms with van der Waals surface area (Å²) in [6.07, 6.45) is -0.00879. The van der Waals surface area contributed by atoms with E-state index >= 15 is 0 Å². The maximum absolute atomic E-state index is 13.8. The van der Waals surface area contributed by atoms with Crippen LogP contribution in [0, 0.1) is 6.92 Å². The first-order chi connectivity index (χ1) is 18.5. The highest BCUT2D eigenvalue weighted by atomic mass is 16.5. The van der Waals surface area contributed by atoms with Crippen LogP contribution in [0.5, 0.6) is 23.0 Å². The van der Waals surface area contributed by atoms with Crippen LogP contribution in [-0.4, -0.2) is 44.6 Å². The van der Waals surface area contributed by atoms with E-state index in [4.69, 9.17) is 9.47 Å². The van der Waals surface area contributed by atoms with Gasteiger partial charge in [-0.3, -0.25) is 14.4 Å². The van der Waals surface area contributed by atoms with Crippen molar-refractivity contribution in [2.45, 2.75) is 32.2 Å². The van der Waals surface area contributed by atoms with Crippen molar-refractivity contribution in [1.29, 1.82) is 0 Å². The van der Waals surface area contributed by atoms with Gasteiger partial charge in [-0.2, -0.15) is 0 Å². The number of ether oxygens (including phenoxy) is 2. The van der Waals surface area contributed by atoms with E-state index in [1.54, 1.807) is 44.3 Å². The Bertz CT molecular complexity index is 1690. The number of hydrogen-bond donors (Lipinski definition) is 3. The summed E-state index contributed by atoms with van der Waals surface area (Å²) in [7, 11) is 4.32. The number of phenols is 2. The topological polar surface area (TPSA) is 140 Å². The molecule has 0 aliphatic rings. The smallest absolute Gasteiger partial charge is 0.306 e. The van der Waals surface area contributed by atoms with Crippen molar-refractivity contribution in [1.82, 2.24) is 9.13 Å². The zero-order chi connectivity index (χ0) is 28.4. The molecule has 0 saturated heterocycles. The van der Waals surface area contributed by atoms with Crippen molar-refractivity contribution >= 4 is 16.9 Å². The largest absolute Gasteiger partial charge is 0.507 e. The van der Waals surface area contributed by atoms with Crippen molar-refractivity contribution in [3.63, 3.8) is 0 Å². The highest BCUT2D eigenvalue weighted by Crippen LogP contribution is 2.33. The SMILES string of the molecule is COC(=O)CC(c1c(O)cc(C)n(CCc2ccc(O)c(O)c2)c1=O)c1cc2ccc(OC)cc2n(C)c1=O. The lowest BCUT2D eigenvalue weighted by Gasteiger charge is -2.21. The molecule has 1 atom stereocenters. The Labute approximate surface area is 223 Å². The fourth-order valence-corrected chi connectivity index (χ4v) is 4.80. The van der Waals surface area contributed by atoms with Crippen molar-refractivity contribution < 1.29 is 29.6 Å². The standard InChI is InChI=1S/C29H30N2O8/c1-16-11-25(34)27(29(37)31(16)10-9-17-5-8-23(32)24(33)12-17)20(15-26(35)39-4)21-13-18-6-7-19(38-3)14-22(18)30(2)28(21)36/h5-8,11-14,20,32-34H,9-10,15H2,1-4H3. The molecule has 2 heterocycles. The van der Waals surface area contributed by atoms with Crippen LogP contribution in [0.3, 0.4) is 0 Å². The molecule has 2 aromatic heterocycles. The molecule has 0 aliphatic carbocycles. The molecule has 0 radical (unpaired) electrons. The summed E-state index contributed by atoms with van der Waals surface area (Å²) in [5, 5.41) is 31.0. The Morgan fingerprint density at radius 3 is 2.33 bits per heavy atom. The number of nitrogens with zero attached hydrogens (tertiary/aromatic N) is 2. The average molecular weight is 535 g/mol. The van der Waals surface area contributed by atoms with E-state index in [0.29, 0.717) is 34.3 Å². The molecule has 2 aromatic carbocycles. The van der Waals surface area contributed by atoms with E-state index in [1.165, 1.54) is 41.6 Å². The van der Waals surface area contributed by atoms with E-state index in [0.717, 1.165) is 0 Å². The van der Waals surface area contributed by atoms with Crippen LogP contribution in [0.4, 0.5) is 0 Å². The minimum atomic E-state index is -1.08. The normalized spacial score (nSPS) is 11.9. The predicted molar refractivity (Wildman–Crippen MR) is 145 cm³/mol. The van der Waals surface area contributed by atoms with Gasteiger partial charge in [0.15, 0.2) is 11.5 Å². The van der Waals surface area contributed by atoms with Crippen LogP contribution >= 0.6 is 0 Å². The fraction of sp³-hybridized carbons (Fsp3) is 0.276. The number of fused-ring (bicyclic) bond motifs is 1. The van der Waals surface area contributed by atoms with Crippen molar-refractivity contribution in [2.75, 3.05) is 14.2 Å². The van der Waals surface area contributed by atoms with Gasteiger partial charge >= 0.3 is 5.97 Å². The maximum atomic E-state index is 13.8. The number of pyridine rings is 2. The summed E-state index contributed by atoms with van der Waals surface area (Å²) in [5.74, 6) is -2.02. The Balaban J connectivity index is 1.86. The molecule has 0 fully saturated rings. The van der Waals surface area contributed by atoms with E-state index < -0.39 is 23.0 Å². The molecule has 10 heteroatoms. The number of hydrogen-bond acceptors (Lipinski definition) is 8. The van der Waals surface area contributed by atoms with Gasteiger partial charge in [-0.25, -0.2) is 0 Å². The zero-order valence-electron chi connectivity index (χ0n) is 22.1. The van der Waals surface area contributed by atoms with Gasteiger partial charge in [0, 0.05) is 36.8 Å². The number of rotatable bonds is 8. The number of methoxy groups -OCH3 is 2. The van der Waals surface area contributed by atoms with Crippen LogP contribution in [0.2, 0.25) is 0 Å². The molecule has 0 aliphatic heterocycles. The fourth-order valence-electron chi connectivity index (χ4n) is 4.80. The van der Waals surface area contributed by atoms with E-state index in [-0.39, 0.29) is 41.3 Å². The quantitative estimate of drug-likeness (QED) is 0.231. The van der Waals surface area contributed by atoms with Crippen LogP contribution in [0.1, 0.15) is 34.7 Å². The Morgan fingerprint density at radius 2 is 1.67 bits per heavy atom. The van der Waals surface area contributed by atoms with E-state index in [2.05, 4.69) is 0 Å². The second kappa shape index (κ2) is 10.9. The highest BCUT2D eigenvalue weighted by molar-refractivity contribution is 5.82. The number of aromatic hydroxyl groups is 3. The van der Waals surface area contributed by atoms with Gasteiger partial charge in [-0.15, -0.1) is 0 Å². The Morgan fingerprint density at radius 1 is 0.923 bits per heavy atom. The van der Waals surface area contributed by atoms with Gasteiger partial charge in [0.25, 0.3) is 11.1 Å². The summed E-state index contributed by atoms with van der Waals surface area (Å²) < 4.78 is 13.0. The molecule has 4 rings (SSSR count). The molecule has 0 bridgehead atoms. The summed E-state index contributed by atoms with van der Waals surface area (Å²) in [4.78, 5) is 39.8. The van der Waals surface area contributed by atoms with Crippen LogP contribution in [0.25, 0.3) is 10.9 Å². The first kappa shape index (κ1) is 27.3. The van der Waals surface area contributed by atoms with Gasteiger partial charge in [-0.1, -0.05) is 6.07 Å². The molecule has 1 unspecified atom stereocenters. The third kappa shape index (κ3) is 5.31. The first-order valence-corrected chi connectivity index (χ1v) is 12.2. The lowest BCUT2D eigenvalue weighted by Crippen LogP contribution is -2.32. The molecule has 39 heavy (non-hydrogen) atoms. The summed E-state index contributed by atoms with van der Waals surface area (Å²) in [6.45, 7) is 1.85. The average Bonchev–Trinajstić information content (AvgIpc) is 2.91. The lowest BCUT2D eigenvalue weighted by molar-refractivity contribution is -0.140. The second-order valence-corrected chi connectivity index (χ2v) is 9.34. The van der Waals surface area contributed by atoms with Crippen LogP contribution < -0.4 is 15.9 Å². The van der Waals surface area contributed by atoms with Gasteiger partial charge in [-0.05, 0) is 60.7 Å². The predicted octanol–water partition coefficient (Wildman–Crippen LogP) is 3.07. The van der Waals surface area contributed by atoms with Crippen LogP contribution in [0.15, 0.2) is 58.1 Å². The van der Waals surface area contributed by atoms with Crippen molar-refractivity contribution in [3.05, 3.63) is 91.6 Å². The number of phenolic OH excluding ortho intramolecular Hbond substituents is 2. The molecule has 0 saturated carbocycles. The molecule has 10 nitrogen and oxygen atoms in total. The van der Waals surface area contributed by atoms with Crippen molar-refractivity contribution in [2.24, 2.45) is 7.05 Å². The molecule has 4 aromatic rings. The monoisotopic (exact) mass is 534 g/mol. The highest BCUT2D eigenvalue weighted by Gasteiger charge is 2.29. The zero-order valence-corrected chi connectivity index (χ0v) is 22.1. The maximum Gasteiger partial charge on any atom is 0.306 e. The summed E-state index contributed by atoms with van der Waals surface area (Å²) >= 11 is 0. The minimum absolute atomic E-state index is 0.0930. The van der Waals surface area contributed by atoms with Gasteiger partial charge in [0.1, 0.15) is 11.5 Å². The molecule has 0 spiro atoms. The van der Waals surface area contributed by atoms with Gasteiger partial charge in [0.2, 0.25) is 0 Å². The number of benzene rings is 2. The second-order valence-electron chi connectivity index (χ2n) is 9.34. The third-order valence-electron chi connectivity index (χ3n) is 6.97. The summed E-state index contributed by atoms with van der Waals surface area (Å²) in [5.41, 5.74) is 0.825. The lowest BCUT2D eigenvalue weighted by atomic mass is 9.88. The number of carbonyl (C=O) groups excluding carboxylic acids is 1. The number of aryl methyl sites for hydroxylation is 3. The van der Waals surface area contributed by atoms with Crippen LogP contribution in [-0.2, 0) is 29.5 Å². The molecular weight excluding hydrogens is 504 g/mol. The molecule has 204 valence electrons. The van der Waals surface area contributed by atoms with Gasteiger partial charge in [0.05, 0.1) is 31.7 Å². The first-order valence-electron chi connectivity index (χ1n) is 12.2. The molecule has 0 amide bonds. The Kier molecular flexibility index (Phi) is 7.66. The third-order valence-corrected chi connectivity index (χ3v) is 6.97. The summed E-state index contributed by atoms with van der Waals surface area (Å²) in [6, 6.07) is 12.7.